The highest BCUT2D eigenvalue weighted by molar-refractivity contribution is 6.88. The van der Waals surface area contributed by atoms with Crippen molar-refractivity contribution in [3.63, 3.8) is 0 Å². The molecule has 0 spiro atoms. The van der Waals surface area contributed by atoms with E-state index in [0.717, 1.165) is 19.6 Å². The van der Waals surface area contributed by atoms with Gasteiger partial charge in [-0.25, -0.2) is 0 Å². The molecule has 116 valence electrons. The first-order valence-corrected chi connectivity index (χ1v) is 14.0. The van der Waals surface area contributed by atoms with Gasteiger partial charge in [0.25, 0.3) is 8.56 Å². The molecule has 0 radical (unpaired) electrons. The van der Waals surface area contributed by atoms with Gasteiger partial charge >= 0.3 is 0 Å². The summed E-state index contributed by atoms with van der Waals surface area (Å²) >= 11 is 0. The van der Waals surface area contributed by atoms with E-state index in [2.05, 4.69) is 61.2 Å². The van der Waals surface area contributed by atoms with Crippen molar-refractivity contribution in [3.05, 3.63) is 0 Å². The van der Waals surface area contributed by atoms with Crippen LogP contribution in [0.15, 0.2) is 0 Å². The smallest absolute Gasteiger partial charge is 0.274 e. The number of nitrogens with one attached hydrogen (secondary N) is 2. The predicted molar refractivity (Wildman–Crippen MR) is 93.2 cm³/mol. The zero-order valence-electron chi connectivity index (χ0n) is 14.4. The number of unbranched alkanes of at least 4 members (excludes halogenated alkanes) is 2. The Bertz CT molecular complexity index is 219. The molecule has 0 aromatic rings. The largest absolute Gasteiger partial charge is 0.322 e. The van der Waals surface area contributed by atoms with E-state index in [1.54, 1.807) is 0 Å². The third-order valence-corrected chi connectivity index (χ3v) is 12.2. The van der Waals surface area contributed by atoms with Crippen LogP contribution in [-0.2, 0) is 0 Å². The highest BCUT2D eigenvalue weighted by Gasteiger charge is 2.40. The first kappa shape index (κ1) is 19.3. The Morgan fingerprint density at radius 3 is 1.47 bits per heavy atom. The molecule has 0 aliphatic heterocycles. The topological polar surface area (TPSA) is 27.3 Å². The molecule has 0 aromatic carbocycles. The van der Waals surface area contributed by atoms with E-state index in [-0.39, 0.29) is 0 Å². The van der Waals surface area contributed by atoms with Crippen molar-refractivity contribution < 1.29 is 0 Å². The van der Waals surface area contributed by atoms with Gasteiger partial charge in [-0.15, -0.1) is 0 Å². The molecule has 0 unspecified atom stereocenters. The van der Waals surface area contributed by atoms with Crippen LogP contribution in [0.5, 0.6) is 0 Å². The number of hydrogen-bond donors (Lipinski definition) is 2. The zero-order valence-corrected chi connectivity index (χ0v) is 16.4. The van der Waals surface area contributed by atoms with Crippen LogP contribution in [-0.4, -0.2) is 40.7 Å². The second-order valence-corrected chi connectivity index (χ2v) is 15.3. The van der Waals surface area contributed by atoms with Crippen LogP contribution in [0.1, 0.15) is 46.5 Å². The van der Waals surface area contributed by atoms with Crippen LogP contribution >= 0.6 is 0 Å². The van der Waals surface area contributed by atoms with Gasteiger partial charge in [0.2, 0.25) is 0 Å². The molecule has 0 heterocycles. The Labute approximate surface area is 123 Å². The summed E-state index contributed by atoms with van der Waals surface area (Å²) in [6, 6.07) is 0. The van der Waals surface area contributed by atoms with Gasteiger partial charge in [0, 0.05) is 0 Å². The molecule has 3 nitrogen and oxygen atoms in total. The molecule has 0 saturated heterocycles. The maximum Gasteiger partial charge on any atom is 0.274 e. The summed E-state index contributed by atoms with van der Waals surface area (Å²) in [4.78, 5) is 7.80. The average molecular weight is 304 g/mol. The highest BCUT2D eigenvalue weighted by atomic mass is 28.4. The van der Waals surface area contributed by atoms with Crippen LogP contribution in [0.25, 0.3) is 0 Å². The number of hydrogen-bond acceptors (Lipinski definition) is 3. The van der Waals surface area contributed by atoms with Crippen LogP contribution in [0.2, 0.25) is 26.2 Å². The monoisotopic (exact) mass is 303 g/mol. The first-order valence-electron chi connectivity index (χ1n) is 8.09. The summed E-state index contributed by atoms with van der Waals surface area (Å²) < 4.78 is 2.80. The van der Waals surface area contributed by atoms with Gasteiger partial charge in [-0.1, -0.05) is 53.3 Å². The Morgan fingerprint density at radius 2 is 1.21 bits per heavy atom. The average Bonchev–Trinajstić information content (AvgIpc) is 2.28. The van der Waals surface area contributed by atoms with Crippen LogP contribution in [0.4, 0.5) is 0 Å². The minimum absolute atomic E-state index is 1.15. The van der Waals surface area contributed by atoms with E-state index in [0.29, 0.717) is 0 Å². The SMILES string of the molecule is CCCCN[Si](C)(NCCCC)N(CC)[Si](C)(C)C. The van der Waals surface area contributed by atoms with E-state index >= 15 is 0 Å². The minimum atomic E-state index is -1.69. The first-order chi connectivity index (χ1) is 8.81. The third-order valence-electron chi connectivity index (χ3n) is 3.66. The zero-order chi connectivity index (χ0) is 14.9. The second kappa shape index (κ2) is 9.29. The molecule has 5 heteroatoms. The highest BCUT2D eigenvalue weighted by Crippen LogP contribution is 2.16. The van der Waals surface area contributed by atoms with Crippen molar-refractivity contribution in [3.8, 4) is 0 Å². The lowest BCUT2D eigenvalue weighted by molar-refractivity contribution is 0.568. The fourth-order valence-electron chi connectivity index (χ4n) is 2.73. The lowest BCUT2D eigenvalue weighted by atomic mass is 10.3. The van der Waals surface area contributed by atoms with Crippen molar-refractivity contribution in [1.82, 2.24) is 14.2 Å². The quantitative estimate of drug-likeness (QED) is 0.452. The molecule has 19 heavy (non-hydrogen) atoms. The van der Waals surface area contributed by atoms with Crippen molar-refractivity contribution in [2.24, 2.45) is 0 Å². The molecule has 0 saturated carbocycles. The molecule has 0 rings (SSSR count). The van der Waals surface area contributed by atoms with Crippen molar-refractivity contribution >= 4 is 16.8 Å². The minimum Gasteiger partial charge on any atom is -0.322 e. The van der Waals surface area contributed by atoms with Gasteiger partial charge in [0.15, 0.2) is 0 Å². The summed E-state index contributed by atoms with van der Waals surface area (Å²) in [5, 5.41) is 0. The van der Waals surface area contributed by atoms with E-state index < -0.39 is 16.8 Å². The number of nitrogens with zero attached hydrogens (tertiary/aromatic N) is 1. The van der Waals surface area contributed by atoms with E-state index in [4.69, 9.17) is 0 Å². The van der Waals surface area contributed by atoms with Crippen molar-refractivity contribution in [2.75, 3.05) is 19.6 Å². The Kier molecular flexibility index (Phi) is 9.44. The van der Waals surface area contributed by atoms with Crippen LogP contribution in [0, 0.1) is 0 Å². The fraction of sp³-hybridized carbons (Fsp3) is 1.00. The second-order valence-electron chi connectivity index (χ2n) is 6.55. The normalized spacial score (nSPS) is 13.3. The van der Waals surface area contributed by atoms with Crippen LogP contribution < -0.4 is 9.96 Å². The molecule has 0 aromatic heterocycles. The summed E-state index contributed by atoms with van der Waals surface area (Å²) in [6.45, 7) is 20.2. The Hall–Kier alpha value is 0.314. The Balaban J connectivity index is 4.78. The van der Waals surface area contributed by atoms with E-state index in [1.165, 1.54) is 25.7 Å². The van der Waals surface area contributed by atoms with E-state index in [1.807, 2.05) is 0 Å². The lowest BCUT2D eigenvalue weighted by Crippen LogP contribution is -2.76. The van der Waals surface area contributed by atoms with Crippen molar-refractivity contribution in [1.29, 1.82) is 0 Å². The maximum atomic E-state index is 3.90. The summed E-state index contributed by atoms with van der Waals surface area (Å²) in [6.07, 6.45) is 5.10. The standard InChI is InChI=1S/C14H37N3Si2/c1-8-11-13-15-19(7,16-14-12-9-2)17(10-3)18(4,5)6/h15-16H,8-14H2,1-7H3. The van der Waals surface area contributed by atoms with Gasteiger partial charge in [-0.05, 0) is 39.0 Å². The lowest BCUT2D eigenvalue weighted by Gasteiger charge is -2.46. The number of rotatable bonds is 11. The van der Waals surface area contributed by atoms with Crippen LogP contribution in [0.3, 0.4) is 0 Å². The fourth-order valence-corrected chi connectivity index (χ4v) is 12.0. The molecule has 0 fully saturated rings. The molecule has 0 atom stereocenters. The summed E-state index contributed by atoms with van der Waals surface area (Å²) in [5.41, 5.74) is 0. The maximum absolute atomic E-state index is 3.90. The van der Waals surface area contributed by atoms with E-state index in [9.17, 15) is 0 Å². The van der Waals surface area contributed by atoms with Gasteiger partial charge in [-0.3, -0.25) is 0 Å². The van der Waals surface area contributed by atoms with Gasteiger partial charge in [-0.2, -0.15) is 0 Å². The van der Waals surface area contributed by atoms with Crippen molar-refractivity contribution in [2.45, 2.75) is 72.6 Å². The molecule has 0 aliphatic rings. The molecule has 0 bridgehead atoms. The summed E-state index contributed by atoms with van der Waals surface area (Å²) in [5.74, 6) is 0. The van der Waals surface area contributed by atoms with Gasteiger partial charge in [0.05, 0.1) is 0 Å². The third kappa shape index (κ3) is 7.04. The molecule has 0 aliphatic carbocycles. The molecular formula is C14H37N3Si2. The molecule has 2 N–H and O–H groups in total. The predicted octanol–water partition coefficient (Wildman–Crippen LogP) is 3.49. The molecular weight excluding hydrogens is 266 g/mol. The molecule has 0 amide bonds. The Morgan fingerprint density at radius 1 is 0.789 bits per heavy atom. The van der Waals surface area contributed by atoms with Gasteiger partial charge in [0.1, 0.15) is 8.24 Å². The summed E-state index contributed by atoms with van der Waals surface area (Å²) in [7, 11) is -2.97. The van der Waals surface area contributed by atoms with Gasteiger partial charge < -0.3 is 14.2 Å².